The molecule has 12 nitrogen and oxygen atoms in total. The van der Waals surface area contributed by atoms with Gasteiger partial charge in [0.05, 0.1) is 22.8 Å². The number of amides is 1. The summed E-state index contributed by atoms with van der Waals surface area (Å²) < 4.78 is 62.2. The zero-order chi connectivity index (χ0) is 32.0. The average molecular weight is 632 g/mol. The zero-order valence-electron chi connectivity index (χ0n) is 24.9. The second-order valence-corrected chi connectivity index (χ2v) is 13.5. The van der Waals surface area contributed by atoms with Crippen LogP contribution >= 0.6 is 0 Å². The summed E-state index contributed by atoms with van der Waals surface area (Å²) in [5, 5.41) is 7.14. The normalized spacial score (nSPS) is 17.3. The lowest BCUT2D eigenvalue weighted by Crippen LogP contribution is -2.45. The molecule has 2 aliphatic heterocycles. The molecule has 3 N–H and O–H groups in total. The third-order valence-electron chi connectivity index (χ3n) is 7.83. The van der Waals surface area contributed by atoms with Crippen LogP contribution < -0.4 is 16.0 Å². The molecule has 0 spiro atoms. The van der Waals surface area contributed by atoms with E-state index in [1.54, 1.807) is 39.0 Å². The van der Waals surface area contributed by atoms with Crippen LogP contribution in [-0.2, 0) is 26.7 Å². The summed E-state index contributed by atoms with van der Waals surface area (Å²) in [4.78, 5) is 30.4. The van der Waals surface area contributed by atoms with Gasteiger partial charge in [0.25, 0.3) is 5.91 Å². The first-order valence-electron chi connectivity index (χ1n) is 14.1. The maximum absolute atomic E-state index is 14.0. The van der Waals surface area contributed by atoms with Crippen molar-refractivity contribution in [1.82, 2.24) is 19.0 Å². The fourth-order valence-electron chi connectivity index (χ4n) is 5.53. The van der Waals surface area contributed by atoms with E-state index in [1.165, 1.54) is 0 Å². The van der Waals surface area contributed by atoms with Gasteiger partial charge in [0.15, 0.2) is 0 Å². The summed E-state index contributed by atoms with van der Waals surface area (Å²) in [5.41, 5.74) is 7.16. The van der Waals surface area contributed by atoms with E-state index >= 15 is 0 Å². The molecule has 0 aliphatic carbocycles. The first-order chi connectivity index (χ1) is 20.7. The van der Waals surface area contributed by atoms with Crippen molar-refractivity contribution in [1.29, 1.82) is 0 Å². The number of carbonyl (C=O) groups excluding carboxylic acids is 2. The molecule has 1 amide bonds. The molecule has 44 heavy (non-hydrogen) atoms. The topological polar surface area (TPSA) is 143 Å². The van der Waals surface area contributed by atoms with Crippen LogP contribution in [0.15, 0.2) is 41.3 Å². The summed E-state index contributed by atoms with van der Waals surface area (Å²) >= 11 is 0. The third-order valence-corrected chi connectivity index (χ3v) is 9.59. The molecule has 0 saturated carbocycles. The number of fused-ring (bicyclic) bond motifs is 1. The summed E-state index contributed by atoms with van der Waals surface area (Å²) in [6.07, 6.45) is -0.881. The van der Waals surface area contributed by atoms with Gasteiger partial charge in [-0.1, -0.05) is 13.8 Å². The van der Waals surface area contributed by atoms with E-state index in [0.29, 0.717) is 11.8 Å². The molecule has 3 aromatic rings. The number of nitrogens with two attached hydrogens (primary N) is 1. The Labute approximate surface area is 254 Å². The van der Waals surface area contributed by atoms with Crippen molar-refractivity contribution in [2.45, 2.75) is 37.6 Å². The van der Waals surface area contributed by atoms with E-state index in [0.717, 1.165) is 53.0 Å². The second-order valence-electron chi connectivity index (χ2n) is 11.6. The van der Waals surface area contributed by atoms with Crippen LogP contribution in [0.25, 0.3) is 0 Å². The number of anilines is 3. The molecule has 0 unspecified atom stereocenters. The number of carbonyl (C=O) groups is 2. The van der Waals surface area contributed by atoms with Crippen molar-refractivity contribution in [3.05, 3.63) is 64.9 Å². The molecule has 0 radical (unpaired) electrons. The van der Waals surface area contributed by atoms with Gasteiger partial charge in [0.2, 0.25) is 10.0 Å². The van der Waals surface area contributed by atoms with Crippen LogP contribution in [0.4, 0.5) is 30.8 Å². The van der Waals surface area contributed by atoms with Crippen molar-refractivity contribution in [2.24, 2.45) is 0 Å². The highest BCUT2D eigenvalue weighted by atomic mass is 32.2. The maximum Gasteiger partial charge on any atom is 0.436 e. The van der Waals surface area contributed by atoms with Crippen molar-refractivity contribution in [2.75, 3.05) is 62.3 Å². The molecule has 5 rings (SSSR count). The molecule has 236 valence electrons. The summed E-state index contributed by atoms with van der Waals surface area (Å²) in [5.74, 6) is -2.82. The number of aromatic nitrogens is 2. The Bertz CT molecular complexity index is 1700. The minimum Gasteiger partial charge on any atom is -0.448 e. The van der Waals surface area contributed by atoms with E-state index in [2.05, 4.69) is 27.3 Å². The molecule has 1 aromatic heterocycles. The van der Waals surface area contributed by atoms with Crippen LogP contribution in [0, 0.1) is 11.6 Å². The van der Waals surface area contributed by atoms with E-state index in [4.69, 9.17) is 10.5 Å². The molecular formula is C29H35F2N7O5S. The number of hydrogen-bond acceptors (Lipinski definition) is 9. The summed E-state index contributed by atoms with van der Waals surface area (Å²) in [6.45, 7) is 8.00. The molecule has 0 atom stereocenters. The van der Waals surface area contributed by atoms with Crippen LogP contribution in [0.2, 0.25) is 0 Å². The van der Waals surface area contributed by atoms with Gasteiger partial charge in [0.1, 0.15) is 17.5 Å². The van der Waals surface area contributed by atoms with Gasteiger partial charge in [0, 0.05) is 67.7 Å². The average Bonchev–Trinajstić information content (AvgIpc) is 3.32. The van der Waals surface area contributed by atoms with Gasteiger partial charge in [-0.2, -0.15) is 9.40 Å². The number of halogens is 2. The Balaban J connectivity index is 1.51. The second kappa shape index (κ2) is 11.8. The van der Waals surface area contributed by atoms with E-state index < -0.39 is 44.0 Å². The highest BCUT2D eigenvalue weighted by Gasteiger charge is 2.43. The minimum atomic E-state index is -4.41. The Morgan fingerprint density at radius 2 is 1.73 bits per heavy atom. The quantitative estimate of drug-likeness (QED) is 0.392. The van der Waals surface area contributed by atoms with Gasteiger partial charge in [-0.15, -0.1) is 4.68 Å². The van der Waals surface area contributed by atoms with Crippen LogP contribution in [0.3, 0.4) is 0 Å². The van der Waals surface area contributed by atoms with E-state index in [1.807, 2.05) is 0 Å². The molecular weight excluding hydrogens is 596 g/mol. The van der Waals surface area contributed by atoms with Crippen LogP contribution in [0.5, 0.6) is 0 Å². The van der Waals surface area contributed by atoms with Crippen molar-refractivity contribution in [3.8, 4) is 0 Å². The molecule has 1 saturated heterocycles. The third kappa shape index (κ3) is 5.99. The first-order valence-corrected chi connectivity index (χ1v) is 15.6. The molecule has 3 heterocycles. The number of nitrogens with one attached hydrogen (secondary N) is 1. The van der Waals surface area contributed by atoms with Gasteiger partial charge >= 0.3 is 6.09 Å². The largest absolute Gasteiger partial charge is 0.448 e. The molecule has 0 bridgehead atoms. The number of nitrogens with zero attached hydrogens (tertiary/aromatic N) is 5. The van der Waals surface area contributed by atoms with Gasteiger partial charge in [-0.25, -0.2) is 22.0 Å². The van der Waals surface area contributed by atoms with Gasteiger partial charge in [-0.3, -0.25) is 4.79 Å². The monoisotopic (exact) mass is 631 g/mol. The Kier molecular flexibility index (Phi) is 8.39. The minimum absolute atomic E-state index is 0.0203. The number of likely N-dealkylation sites (N-methyl/N-ethyl adjacent to an activating group) is 1. The number of ether oxygens (including phenoxy) is 1. The van der Waals surface area contributed by atoms with Crippen molar-refractivity contribution in [3.63, 3.8) is 0 Å². The zero-order valence-corrected chi connectivity index (χ0v) is 25.7. The van der Waals surface area contributed by atoms with Gasteiger partial charge in [-0.05, 0) is 44.3 Å². The highest BCUT2D eigenvalue weighted by Crippen LogP contribution is 2.39. The molecule has 15 heteroatoms. The number of rotatable bonds is 6. The molecule has 2 aliphatic rings. The number of hydrogen-bond donors (Lipinski definition) is 2. The number of sulfonamides is 1. The predicted molar refractivity (Wildman–Crippen MR) is 160 cm³/mol. The number of benzene rings is 2. The molecule has 1 fully saturated rings. The highest BCUT2D eigenvalue weighted by molar-refractivity contribution is 7.89. The van der Waals surface area contributed by atoms with E-state index in [9.17, 15) is 26.8 Å². The van der Waals surface area contributed by atoms with Gasteiger partial charge < -0.3 is 25.6 Å². The summed E-state index contributed by atoms with van der Waals surface area (Å²) in [6, 6.07) is 7.16. The molecule has 2 aromatic carbocycles. The Morgan fingerprint density at radius 3 is 2.34 bits per heavy atom. The maximum atomic E-state index is 14.0. The number of nitrogen functional groups attached to an aromatic ring is 1. The summed E-state index contributed by atoms with van der Waals surface area (Å²) in [7, 11) is -2.35. The van der Waals surface area contributed by atoms with Crippen molar-refractivity contribution < 1.29 is 31.5 Å². The Hall–Kier alpha value is -4.08. The SMILES string of the molecule is CCOC(=O)n1nc2c(c1NC(=O)c1ccc(N3CCN(C)CC3)cc1N)CN(S(=O)(=O)c1cc(F)cc(F)c1)CC2(C)C. The smallest absolute Gasteiger partial charge is 0.436 e. The lowest BCUT2D eigenvalue weighted by Gasteiger charge is -2.36. The lowest BCUT2D eigenvalue weighted by molar-refractivity contribution is 0.102. The van der Waals surface area contributed by atoms with Crippen molar-refractivity contribution >= 4 is 39.2 Å². The standard InChI is InChI=1S/C29H35F2N7O5S/c1-5-43-28(40)38-26(33-27(39)22-7-6-20(15-24(22)32)36-10-8-35(4)9-11-36)23-16-37(17-29(2,3)25(23)34-38)44(41,42)21-13-18(30)12-19(31)14-21/h6-7,12-15H,5,8-11,16-17,32H2,1-4H3,(H,33,39). The fourth-order valence-corrected chi connectivity index (χ4v) is 7.14. The van der Waals surface area contributed by atoms with Crippen LogP contribution in [0.1, 0.15) is 42.4 Å². The van der Waals surface area contributed by atoms with Crippen LogP contribution in [-0.4, -0.2) is 85.8 Å². The lowest BCUT2D eigenvalue weighted by atomic mass is 9.84. The Morgan fingerprint density at radius 1 is 1.07 bits per heavy atom. The fraction of sp³-hybridized carbons (Fsp3) is 0.414. The predicted octanol–water partition coefficient (Wildman–Crippen LogP) is 3.23. The first kappa shape index (κ1) is 31.3. The number of piperazine rings is 1. The van der Waals surface area contributed by atoms with E-state index in [-0.39, 0.29) is 42.3 Å².